The van der Waals surface area contributed by atoms with Gasteiger partial charge < -0.3 is 10.2 Å². The Morgan fingerprint density at radius 3 is 3.00 bits per heavy atom. The van der Waals surface area contributed by atoms with Crippen molar-refractivity contribution in [1.82, 2.24) is 10.3 Å². The number of nitrogens with zero attached hydrogens (tertiary/aromatic N) is 2. The molecule has 106 valence electrons. The second-order valence-corrected chi connectivity index (χ2v) is 7.59. The third-order valence-electron chi connectivity index (χ3n) is 3.87. The molecule has 0 saturated carbocycles. The molecule has 3 rings (SSSR count). The molecule has 1 aromatic heterocycles. The van der Waals surface area contributed by atoms with Gasteiger partial charge in [0.25, 0.3) is 0 Å². The molecule has 1 aromatic rings. The molecule has 1 atom stereocenters. The molecule has 1 N–H and O–H groups in total. The number of thiazole rings is 1. The normalized spacial score (nSPS) is 23.4. The van der Waals surface area contributed by atoms with Gasteiger partial charge in [-0.05, 0) is 32.2 Å². The third kappa shape index (κ3) is 3.09. The second kappa shape index (κ2) is 6.46. The molecule has 0 aromatic carbocycles. The Balaban J connectivity index is 1.76. The van der Waals surface area contributed by atoms with Crippen molar-refractivity contribution in [2.75, 3.05) is 36.0 Å². The molecule has 2 heterocycles. The monoisotopic (exact) mass is 297 g/mol. The highest BCUT2D eigenvalue weighted by atomic mass is 32.2. The fraction of sp³-hybridized carbons (Fsp3) is 0.786. The quantitative estimate of drug-likeness (QED) is 0.924. The van der Waals surface area contributed by atoms with E-state index in [0.29, 0.717) is 6.04 Å². The van der Waals surface area contributed by atoms with Crippen molar-refractivity contribution in [2.45, 2.75) is 38.6 Å². The zero-order valence-corrected chi connectivity index (χ0v) is 13.3. The maximum Gasteiger partial charge on any atom is 0.185 e. The van der Waals surface area contributed by atoms with Gasteiger partial charge in [-0.3, -0.25) is 0 Å². The van der Waals surface area contributed by atoms with E-state index in [9.17, 15) is 0 Å². The number of anilines is 1. The molecule has 2 aliphatic rings. The number of fused-ring (bicyclic) bond motifs is 1. The summed E-state index contributed by atoms with van der Waals surface area (Å²) < 4.78 is 0. The summed E-state index contributed by atoms with van der Waals surface area (Å²) in [5.74, 6) is 2.50. The predicted octanol–water partition coefficient (Wildman–Crippen LogP) is 3.07. The van der Waals surface area contributed by atoms with Crippen LogP contribution in [0.4, 0.5) is 5.13 Å². The van der Waals surface area contributed by atoms with Crippen LogP contribution in [0.3, 0.4) is 0 Å². The van der Waals surface area contributed by atoms with E-state index >= 15 is 0 Å². The Labute approximate surface area is 124 Å². The fourth-order valence-electron chi connectivity index (χ4n) is 2.81. The molecule has 1 unspecified atom stereocenters. The molecule has 0 bridgehead atoms. The first-order valence-corrected chi connectivity index (χ1v) is 9.41. The molecule has 0 amide bonds. The van der Waals surface area contributed by atoms with E-state index in [0.717, 1.165) is 6.54 Å². The highest BCUT2D eigenvalue weighted by molar-refractivity contribution is 7.99. The molecule has 19 heavy (non-hydrogen) atoms. The predicted molar refractivity (Wildman–Crippen MR) is 85.6 cm³/mol. The lowest BCUT2D eigenvalue weighted by Gasteiger charge is -2.25. The van der Waals surface area contributed by atoms with Crippen molar-refractivity contribution in [3.8, 4) is 0 Å². The molecule has 5 heteroatoms. The van der Waals surface area contributed by atoms with Crippen LogP contribution in [-0.2, 0) is 6.42 Å². The summed E-state index contributed by atoms with van der Waals surface area (Å²) in [6.45, 7) is 5.68. The van der Waals surface area contributed by atoms with Crippen LogP contribution < -0.4 is 10.2 Å². The number of nitrogens with one attached hydrogen (secondary N) is 1. The Hall–Kier alpha value is -0.260. The molecule has 1 aliphatic carbocycles. The van der Waals surface area contributed by atoms with E-state index < -0.39 is 0 Å². The van der Waals surface area contributed by atoms with Crippen LogP contribution in [-0.4, -0.2) is 36.1 Å². The summed E-state index contributed by atoms with van der Waals surface area (Å²) in [6, 6.07) is 0.507. The van der Waals surface area contributed by atoms with Gasteiger partial charge in [-0.1, -0.05) is 6.92 Å². The summed E-state index contributed by atoms with van der Waals surface area (Å²) in [5, 5.41) is 4.94. The van der Waals surface area contributed by atoms with Crippen molar-refractivity contribution in [1.29, 1.82) is 0 Å². The van der Waals surface area contributed by atoms with Gasteiger partial charge in [0, 0.05) is 29.5 Å². The van der Waals surface area contributed by atoms with Crippen LogP contribution in [0.25, 0.3) is 0 Å². The van der Waals surface area contributed by atoms with E-state index in [4.69, 9.17) is 4.98 Å². The van der Waals surface area contributed by atoms with E-state index in [1.54, 1.807) is 0 Å². The summed E-state index contributed by atoms with van der Waals surface area (Å²) in [4.78, 5) is 9.00. The van der Waals surface area contributed by atoms with Crippen molar-refractivity contribution in [3.63, 3.8) is 0 Å². The van der Waals surface area contributed by atoms with E-state index in [2.05, 4.69) is 28.9 Å². The zero-order chi connectivity index (χ0) is 13.1. The van der Waals surface area contributed by atoms with Gasteiger partial charge in [-0.15, -0.1) is 11.3 Å². The van der Waals surface area contributed by atoms with Crippen LogP contribution >= 0.6 is 23.1 Å². The molecule has 1 fully saturated rings. The molecular formula is C14H23N3S2. The number of aryl methyl sites for hydroxylation is 1. The zero-order valence-electron chi connectivity index (χ0n) is 11.7. The summed E-state index contributed by atoms with van der Waals surface area (Å²) in [5.41, 5.74) is 1.36. The van der Waals surface area contributed by atoms with Crippen LogP contribution in [0.15, 0.2) is 0 Å². The first kappa shape index (κ1) is 13.7. The van der Waals surface area contributed by atoms with Gasteiger partial charge in [0.15, 0.2) is 5.13 Å². The molecule has 1 aliphatic heterocycles. The second-order valence-electron chi connectivity index (χ2n) is 5.30. The number of hydrogen-bond donors (Lipinski definition) is 1. The highest BCUT2D eigenvalue weighted by Crippen LogP contribution is 2.37. The van der Waals surface area contributed by atoms with Crippen LogP contribution in [0.5, 0.6) is 0 Å². The SMILES string of the molecule is CCCNC1CCCc2sc(N3CCSCC3)nc21. The molecule has 1 saturated heterocycles. The molecule has 3 nitrogen and oxygen atoms in total. The van der Waals surface area contributed by atoms with Gasteiger partial charge in [0.1, 0.15) is 0 Å². The van der Waals surface area contributed by atoms with Crippen molar-refractivity contribution in [3.05, 3.63) is 10.6 Å². The minimum Gasteiger partial charge on any atom is -0.346 e. The summed E-state index contributed by atoms with van der Waals surface area (Å²) >= 11 is 4.01. The third-order valence-corrected chi connectivity index (χ3v) is 6.00. The Morgan fingerprint density at radius 2 is 2.21 bits per heavy atom. The van der Waals surface area contributed by atoms with Crippen LogP contribution in [0.1, 0.15) is 42.8 Å². The topological polar surface area (TPSA) is 28.2 Å². The van der Waals surface area contributed by atoms with E-state index in [1.165, 1.54) is 66.0 Å². The molecule has 0 spiro atoms. The number of hydrogen-bond acceptors (Lipinski definition) is 5. The first-order chi connectivity index (χ1) is 9.38. The maximum atomic E-state index is 4.98. The average molecular weight is 297 g/mol. The molecular weight excluding hydrogens is 274 g/mol. The van der Waals surface area contributed by atoms with Gasteiger partial charge in [-0.2, -0.15) is 11.8 Å². The Bertz CT molecular complexity index is 413. The largest absolute Gasteiger partial charge is 0.346 e. The number of aromatic nitrogens is 1. The van der Waals surface area contributed by atoms with E-state index in [1.807, 2.05) is 11.3 Å². The van der Waals surface area contributed by atoms with Crippen molar-refractivity contribution in [2.24, 2.45) is 0 Å². The van der Waals surface area contributed by atoms with Gasteiger partial charge in [0.2, 0.25) is 0 Å². The lowest BCUT2D eigenvalue weighted by atomic mass is 9.97. The van der Waals surface area contributed by atoms with Crippen molar-refractivity contribution >= 4 is 28.2 Å². The minimum absolute atomic E-state index is 0.507. The summed E-state index contributed by atoms with van der Waals surface area (Å²) in [7, 11) is 0. The minimum atomic E-state index is 0.507. The van der Waals surface area contributed by atoms with E-state index in [-0.39, 0.29) is 0 Å². The number of thioether (sulfide) groups is 1. The first-order valence-electron chi connectivity index (χ1n) is 7.44. The van der Waals surface area contributed by atoms with Gasteiger partial charge in [-0.25, -0.2) is 4.98 Å². The number of rotatable bonds is 4. The van der Waals surface area contributed by atoms with Gasteiger partial charge in [0.05, 0.1) is 11.7 Å². The van der Waals surface area contributed by atoms with Gasteiger partial charge >= 0.3 is 0 Å². The highest BCUT2D eigenvalue weighted by Gasteiger charge is 2.26. The smallest absolute Gasteiger partial charge is 0.185 e. The average Bonchev–Trinajstić information content (AvgIpc) is 2.90. The Kier molecular flexibility index (Phi) is 4.66. The van der Waals surface area contributed by atoms with Crippen molar-refractivity contribution < 1.29 is 0 Å². The lowest BCUT2D eigenvalue weighted by Crippen LogP contribution is -2.32. The van der Waals surface area contributed by atoms with Crippen LogP contribution in [0, 0.1) is 0 Å². The lowest BCUT2D eigenvalue weighted by molar-refractivity contribution is 0.454. The maximum absolute atomic E-state index is 4.98. The van der Waals surface area contributed by atoms with Crippen LogP contribution in [0.2, 0.25) is 0 Å². The Morgan fingerprint density at radius 1 is 1.37 bits per heavy atom. The fourth-order valence-corrected chi connectivity index (χ4v) is 4.93. The standard InChI is InChI=1S/C14H23N3S2/c1-2-6-15-11-4-3-5-12-13(11)16-14(19-12)17-7-9-18-10-8-17/h11,15H,2-10H2,1H3. The molecule has 0 radical (unpaired) electrons. The summed E-state index contributed by atoms with van der Waals surface area (Å²) in [6.07, 6.45) is 5.00.